The van der Waals surface area contributed by atoms with Gasteiger partial charge in [-0.15, -0.1) is 11.8 Å². The number of methoxy groups -OCH3 is 1. The first-order valence-electron chi connectivity index (χ1n) is 8.45. The fourth-order valence-electron chi connectivity index (χ4n) is 2.81. The topological polar surface area (TPSA) is 88.4 Å². The smallest absolute Gasteiger partial charge is 0.319 e. The fourth-order valence-corrected chi connectivity index (χ4v) is 3.70. The number of nitrogens with one attached hydrogen (secondary N) is 1. The number of hydrogen-bond acceptors (Lipinski definition) is 6. The molecule has 142 valence electrons. The van der Waals surface area contributed by atoms with Crippen molar-refractivity contribution in [3.05, 3.63) is 52.6 Å². The molecule has 0 radical (unpaired) electrons. The molecule has 1 heterocycles. The largest absolute Gasteiger partial charge is 0.494 e. The predicted molar refractivity (Wildman–Crippen MR) is 104 cm³/mol. The molecule has 7 heteroatoms. The van der Waals surface area contributed by atoms with Crippen LogP contribution in [0.4, 0.5) is 0 Å². The van der Waals surface area contributed by atoms with Crippen LogP contribution < -0.4 is 10.1 Å². The summed E-state index contributed by atoms with van der Waals surface area (Å²) in [6.45, 7) is 8.12. The zero-order valence-corrected chi connectivity index (χ0v) is 16.4. The number of ether oxygens (including phenoxy) is 2. The Morgan fingerprint density at radius 1 is 1.37 bits per heavy atom. The van der Waals surface area contributed by atoms with Crippen LogP contribution in [-0.2, 0) is 14.3 Å². The van der Waals surface area contributed by atoms with Gasteiger partial charge >= 0.3 is 5.97 Å². The van der Waals surface area contributed by atoms with Crippen LogP contribution in [0.2, 0.25) is 0 Å². The maximum absolute atomic E-state index is 12.6. The van der Waals surface area contributed by atoms with Crippen molar-refractivity contribution >= 4 is 23.6 Å². The predicted octanol–water partition coefficient (Wildman–Crippen LogP) is 3.13. The second-order valence-electron chi connectivity index (χ2n) is 6.07. The minimum absolute atomic E-state index is 0.334. The van der Waals surface area contributed by atoms with Gasteiger partial charge in [-0.1, -0.05) is 24.3 Å². The fraction of sp³-hybridized carbons (Fsp3) is 0.350. The number of nitriles is 1. The molecule has 0 saturated carbocycles. The third-order valence-corrected chi connectivity index (χ3v) is 5.24. The van der Waals surface area contributed by atoms with Crippen molar-refractivity contribution in [2.24, 2.45) is 5.92 Å². The van der Waals surface area contributed by atoms with E-state index in [-0.39, 0.29) is 0 Å². The lowest BCUT2D eigenvalue weighted by atomic mass is 9.78. The van der Waals surface area contributed by atoms with Gasteiger partial charge in [0.15, 0.2) is 0 Å². The van der Waals surface area contributed by atoms with Crippen molar-refractivity contribution in [1.82, 2.24) is 5.32 Å². The average Bonchev–Trinajstić information content (AvgIpc) is 2.66. The Morgan fingerprint density at radius 3 is 2.56 bits per heavy atom. The number of thioether (sulfide) groups is 1. The lowest BCUT2D eigenvalue weighted by molar-refractivity contribution is -0.150. The van der Waals surface area contributed by atoms with Gasteiger partial charge in [0.05, 0.1) is 30.4 Å². The van der Waals surface area contributed by atoms with E-state index in [0.717, 1.165) is 5.57 Å². The molecular weight excluding hydrogens is 364 g/mol. The number of esters is 1. The average molecular weight is 386 g/mol. The highest BCUT2D eigenvalue weighted by Crippen LogP contribution is 2.40. The van der Waals surface area contributed by atoms with E-state index in [0.29, 0.717) is 34.3 Å². The van der Waals surface area contributed by atoms with Crippen LogP contribution in [0.1, 0.15) is 25.3 Å². The van der Waals surface area contributed by atoms with Crippen LogP contribution in [0.25, 0.3) is 0 Å². The molecule has 6 nitrogen and oxygen atoms in total. The Morgan fingerprint density at radius 2 is 2.04 bits per heavy atom. The number of rotatable bonds is 7. The Hall–Kier alpha value is -2.72. The second kappa shape index (κ2) is 9.28. The van der Waals surface area contributed by atoms with E-state index in [1.54, 1.807) is 24.3 Å². The lowest BCUT2D eigenvalue weighted by Gasteiger charge is -2.31. The zero-order chi connectivity index (χ0) is 20.0. The van der Waals surface area contributed by atoms with E-state index in [1.165, 1.54) is 18.9 Å². The molecule has 0 saturated heterocycles. The van der Waals surface area contributed by atoms with Gasteiger partial charge in [-0.25, -0.2) is 0 Å². The molecule has 1 aromatic rings. The molecular formula is C20H22N2O4S. The molecule has 0 bridgehead atoms. The molecule has 1 aliphatic heterocycles. The van der Waals surface area contributed by atoms with Crippen molar-refractivity contribution < 1.29 is 19.1 Å². The SMILES string of the molecule is C=C(C)CSC1=C(C#N)C(c2ccc(OCC)cc2)[C@@H](C(=O)OC)C(=O)N1. The standard InChI is InChI=1S/C20H22N2O4S/c1-5-26-14-8-6-13(7-9-14)16-15(10-21)19(27-11-12(2)3)22-18(23)17(16)20(24)25-4/h6-9,16-17H,2,5,11H2,1,3-4H3,(H,22,23)/t16?,17-/m1/s1. The van der Waals surface area contributed by atoms with Crippen LogP contribution in [0, 0.1) is 17.2 Å². The number of nitrogens with zero attached hydrogens (tertiary/aromatic N) is 1. The normalized spacial score (nSPS) is 19.1. The lowest BCUT2D eigenvalue weighted by Crippen LogP contribution is -2.44. The summed E-state index contributed by atoms with van der Waals surface area (Å²) in [7, 11) is 1.23. The highest BCUT2D eigenvalue weighted by Gasteiger charge is 2.44. The summed E-state index contributed by atoms with van der Waals surface area (Å²) in [4.78, 5) is 25.0. The molecule has 27 heavy (non-hydrogen) atoms. The highest BCUT2D eigenvalue weighted by atomic mass is 32.2. The van der Waals surface area contributed by atoms with Crippen LogP contribution >= 0.6 is 11.8 Å². The first kappa shape index (κ1) is 20.6. The molecule has 2 atom stereocenters. The Kier molecular flexibility index (Phi) is 7.08. The number of allylic oxidation sites excluding steroid dienone is 1. The van der Waals surface area contributed by atoms with Crippen LogP contribution in [0.5, 0.6) is 5.75 Å². The van der Waals surface area contributed by atoms with Gasteiger partial charge < -0.3 is 14.8 Å². The Balaban J connectivity index is 2.53. The van der Waals surface area contributed by atoms with Crippen LogP contribution in [0.15, 0.2) is 47.0 Å². The number of amides is 1. The van der Waals surface area contributed by atoms with Gasteiger partial charge in [0.1, 0.15) is 11.7 Å². The van der Waals surface area contributed by atoms with E-state index in [4.69, 9.17) is 9.47 Å². The summed E-state index contributed by atoms with van der Waals surface area (Å²) >= 11 is 1.32. The third-order valence-electron chi connectivity index (χ3n) is 4.00. The molecule has 0 spiro atoms. The van der Waals surface area contributed by atoms with Crippen molar-refractivity contribution in [3.8, 4) is 11.8 Å². The van der Waals surface area contributed by atoms with E-state index >= 15 is 0 Å². The van der Waals surface area contributed by atoms with E-state index in [2.05, 4.69) is 18.0 Å². The number of benzene rings is 1. The minimum Gasteiger partial charge on any atom is -0.494 e. The van der Waals surface area contributed by atoms with E-state index in [9.17, 15) is 14.9 Å². The van der Waals surface area contributed by atoms with Gasteiger partial charge in [0.25, 0.3) is 0 Å². The maximum Gasteiger partial charge on any atom is 0.319 e. The molecule has 1 aliphatic rings. The maximum atomic E-state index is 12.6. The zero-order valence-electron chi connectivity index (χ0n) is 15.6. The summed E-state index contributed by atoms with van der Waals surface area (Å²) in [6.07, 6.45) is 0. The Labute approximate surface area is 163 Å². The van der Waals surface area contributed by atoms with Crippen molar-refractivity contribution in [2.45, 2.75) is 19.8 Å². The molecule has 0 aliphatic carbocycles. The molecule has 1 unspecified atom stereocenters. The molecule has 1 N–H and O–H groups in total. The summed E-state index contributed by atoms with van der Waals surface area (Å²) in [6, 6.07) is 9.22. The third kappa shape index (κ3) is 4.72. The van der Waals surface area contributed by atoms with Crippen LogP contribution in [-0.4, -0.2) is 31.3 Å². The molecule has 0 fully saturated rings. The van der Waals surface area contributed by atoms with Gasteiger partial charge in [-0.3, -0.25) is 9.59 Å². The molecule has 0 aromatic heterocycles. The molecule has 1 amide bonds. The molecule has 1 aromatic carbocycles. The number of carbonyl (C=O) groups excluding carboxylic acids is 2. The van der Waals surface area contributed by atoms with Gasteiger partial charge in [0.2, 0.25) is 5.91 Å². The monoisotopic (exact) mass is 386 g/mol. The van der Waals surface area contributed by atoms with E-state index in [1.807, 2.05) is 13.8 Å². The Bertz CT molecular complexity index is 808. The van der Waals surface area contributed by atoms with Crippen molar-refractivity contribution in [3.63, 3.8) is 0 Å². The van der Waals surface area contributed by atoms with Crippen LogP contribution in [0.3, 0.4) is 0 Å². The van der Waals surface area contributed by atoms with Gasteiger partial charge in [-0.2, -0.15) is 5.26 Å². The minimum atomic E-state index is -1.13. The number of carbonyl (C=O) groups is 2. The van der Waals surface area contributed by atoms with E-state index < -0.39 is 23.7 Å². The highest BCUT2D eigenvalue weighted by molar-refractivity contribution is 8.03. The first-order valence-corrected chi connectivity index (χ1v) is 9.44. The molecule has 2 rings (SSSR count). The first-order chi connectivity index (χ1) is 12.9. The van der Waals surface area contributed by atoms with Crippen molar-refractivity contribution in [2.75, 3.05) is 19.5 Å². The van der Waals surface area contributed by atoms with Gasteiger partial charge in [-0.05, 0) is 31.5 Å². The van der Waals surface area contributed by atoms with Gasteiger partial charge in [0, 0.05) is 11.7 Å². The van der Waals surface area contributed by atoms with Crippen molar-refractivity contribution in [1.29, 1.82) is 5.26 Å². The summed E-state index contributed by atoms with van der Waals surface area (Å²) in [5, 5.41) is 12.9. The summed E-state index contributed by atoms with van der Waals surface area (Å²) < 4.78 is 10.3. The summed E-state index contributed by atoms with van der Waals surface area (Å²) in [5.74, 6) is -1.78. The quantitative estimate of drug-likeness (QED) is 0.440. The number of hydrogen-bond donors (Lipinski definition) is 1. The summed E-state index contributed by atoms with van der Waals surface area (Å²) in [5.41, 5.74) is 1.92. The second-order valence-corrected chi connectivity index (χ2v) is 7.06.